The molecule has 4 heteroatoms. The van der Waals surface area contributed by atoms with Crippen LogP contribution < -0.4 is 5.32 Å². The maximum absolute atomic E-state index is 10.8. The van der Waals surface area contributed by atoms with Crippen molar-refractivity contribution in [1.29, 1.82) is 0 Å². The van der Waals surface area contributed by atoms with Crippen molar-refractivity contribution in [3.8, 4) is 0 Å². The summed E-state index contributed by atoms with van der Waals surface area (Å²) in [6.07, 6.45) is 9.76. The van der Waals surface area contributed by atoms with Crippen LogP contribution in [0.15, 0.2) is 35.9 Å². The van der Waals surface area contributed by atoms with Gasteiger partial charge in [0.15, 0.2) is 0 Å². The van der Waals surface area contributed by atoms with Gasteiger partial charge >= 0.3 is 5.97 Å². The van der Waals surface area contributed by atoms with Gasteiger partial charge in [-0.25, -0.2) is 0 Å². The molecule has 27 heavy (non-hydrogen) atoms. The van der Waals surface area contributed by atoms with E-state index in [1.165, 1.54) is 37.7 Å². The average Bonchev–Trinajstić information content (AvgIpc) is 3.44. The van der Waals surface area contributed by atoms with Crippen LogP contribution in [0.1, 0.15) is 57.4 Å². The highest BCUT2D eigenvalue weighted by atomic mass is 16.4. The van der Waals surface area contributed by atoms with Gasteiger partial charge in [-0.15, -0.1) is 0 Å². The first-order valence-corrected chi connectivity index (χ1v) is 10.5. The number of aliphatic carboxylic acids is 1. The Balaban J connectivity index is 1.43. The van der Waals surface area contributed by atoms with Crippen LogP contribution in [0.5, 0.6) is 0 Å². The van der Waals surface area contributed by atoms with E-state index in [9.17, 15) is 4.79 Å². The average molecular weight is 371 g/mol. The molecule has 1 aromatic carbocycles. The summed E-state index contributed by atoms with van der Waals surface area (Å²) in [5.74, 6) is -0.00145. The fourth-order valence-corrected chi connectivity index (χ4v) is 4.46. The number of benzene rings is 1. The lowest BCUT2D eigenvalue weighted by molar-refractivity contribution is -0.137. The van der Waals surface area contributed by atoms with Crippen LogP contribution in [-0.4, -0.2) is 47.7 Å². The predicted octanol–water partition coefficient (Wildman–Crippen LogP) is 4.18. The first-order valence-electron chi connectivity index (χ1n) is 10.5. The van der Waals surface area contributed by atoms with E-state index in [2.05, 4.69) is 60.6 Å². The topological polar surface area (TPSA) is 52.6 Å². The minimum absolute atomic E-state index is 0.242. The molecular formula is C23H34N2O2. The summed E-state index contributed by atoms with van der Waals surface area (Å²) in [7, 11) is 2.07. The van der Waals surface area contributed by atoms with Crippen molar-refractivity contribution in [2.75, 3.05) is 13.6 Å². The van der Waals surface area contributed by atoms with E-state index >= 15 is 0 Å². The second kappa shape index (κ2) is 9.52. The number of hydrogen-bond donors (Lipinski definition) is 2. The van der Waals surface area contributed by atoms with Crippen LogP contribution in [0.2, 0.25) is 0 Å². The first-order chi connectivity index (χ1) is 13.1. The Kier molecular flexibility index (Phi) is 7.08. The summed E-state index contributed by atoms with van der Waals surface area (Å²) in [5, 5.41) is 12.8. The number of nitrogens with zero attached hydrogens (tertiary/aromatic N) is 1. The second-order valence-electron chi connectivity index (χ2n) is 8.23. The highest BCUT2D eigenvalue weighted by molar-refractivity contribution is 5.66. The van der Waals surface area contributed by atoms with Gasteiger partial charge in [0, 0.05) is 24.7 Å². The molecule has 2 atom stereocenters. The summed E-state index contributed by atoms with van der Waals surface area (Å²) >= 11 is 0. The molecule has 0 radical (unpaired) electrons. The zero-order valence-corrected chi connectivity index (χ0v) is 16.7. The van der Waals surface area contributed by atoms with E-state index in [1.54, 1.807) is 5.57 Å². The molecule has 0 bridgehead atoms. The lowest BCUT2D eigenvalue weighted by atomic mass is 9.90. The summed E-state index contributed by atoms with van der Waals surface area (Å²) in [5.41, 5.74) is 2.88. The van der Waals surface area contributed by atoms with Crippen molar-refractivity contribution in [3.05, 3.63) is 41.5 Å². The third kappa shape index (κ3) is 5.91. The molecule has 0 saturated heterocycles. The Hall–Kier alpha value is -1.65. The Morgan fingerprint density at radius 1 is 1.22 bits per heavy atom. The van der Waals surface area contributed by atoms with Crippen molar-refractivity contribution in [2.24, 2.45) is 5.92 Å². The number of carbonyl (C=O) groups is 1. The lowest BCUT2D eigenvalue weighted by Gasteiger charge is -2.35. The Labute approximate surface area is 163 Å². The largest absolute Gasteiger partial charge is 0.481 e. The number of rotatable bonds is 9. The van der Waals surface area contributed by atoms with Crippen molar-refractivity contribution < 1.29 is 9.90 Å². The third-order valence-corrected chi connectivity index (χ3v) is 6.27. The van der Waals surface area contributed by atoms with Gasteiger partial charge in [-0.05, 0) is 57.1 Å². The lowest BCUT2D eigenvalue weighted by Crippen LogP contribution is -2.42. The van der Waals surface area contributed by atoms with Crippen molar-refractivity contribution >= 4 is 12.0 Å². The van der Waals surface area contributed by atoms with Gasteiger partial charge in [0.25, 0.3) is 0 Å². The van der Waals surface area contributed by atoms with E-state index in [0.29, 0.717) is 30.6 Å². The third-order valence-electron chi connectivity index (χ3n) is 6.27. The molecule has 148 valence electrons. The maximum Gasteiger partial charge on any atom is 0.304 e. The van der Waals surface area contributed by atoms with Crippen LogP contribution in [0.25, 0.3) is 6.08 Å². The molecule has 0 spiro atoms. The van der Waals surface area contributed by atoms with E-state index < -0.39 is 5.97 Å². The van der Waals surface area contributed by atoms with Crippen LogP contribution in [0.4, 0.5) is 0 Å². The normalized spacial score (nSPS) is 28.3. The summed E-state index contributed by atoms with van der Waals surface area (Å²) in [6.45, 7) is 2.93. The minimum Gasteiger partial charge on any atom is -0.481 e. The highest BCUT2D eigenvalue weighted by Crippen LogP contribution is 2.40. The van der Waals surface area contributed by atoms with Gasteiger partial charge in [-0.2, -0.15) is 0 Å². The van der Waals surface area contributed by atoms with E-state index in [0.717, 1.165) is 6.42 Å². The second-order valence-corrected chi connectivity index (χ2v) is 8.23. The summed E-state index contributed by atoms with van der Waals surface area (Å²) < 4.78 is 0. The van der Waals surface area contributed by atoms with E-state index in [-0.39, 0.29) is 6.42 Å². The molecule has 1 aromatic rings. The molecule has 3 rings (SSSR count). The quantitative estimate of drug-likeness (QED) is 0.685. The Bertz CT molecular complexity index is 635. The number of nitrogens with one attached hydrogen (secondary N) is 1. The van der Waals surface area contributed by atoms with Crippen LogP contribution in [0.3, 0.4) is 0 Å². The van der Waals surface area contributed by atoms with Gasteiger partial charge in [0.1, 0.15) is 0 Å². The van der Waals surface area contributed by atoms with Crippen molar-refractivity contribution in [1.82, 2.24) is 10.2 Å². The number of carboxylic acid groups (broad SMARTS) is 1. The van der Waals surface area contributed by atoms with Gasteiger partial charge in [-0.1, -0.05) is 48.9 Å². The van der Waals surface area contributed by atoms with Gasteiger partial charge in [0.2, 0.25) is 0 Å². The predicted molar refractivity (Wildman–Crippen MR) is 111 cm³/mol. The van der Waals surface area contributed by atoms with Crippen molar-refractivity contribution in [2.45, 2.75) is 70.0 Å². The number of hydrogen-bond acceptors (Lipinski definition) is 3. The van der Waals surface area contributed by atoms with E-state index in [1.807, 2.05) is 0 Å². The summed E-state index contributed by atoms with van der Waals surface area (Å²) in [4.78, 5) is 13.0. The fourth-order valence-electron chi connectivity index (χ4n) is 4.46. The molecule has 2 N–H and O–H groups in total. The SMILES string of the molecule is CCC(=Cc1ccccc1)C1CC1NC1CCC(N(C)CCC(=O)O)CC1. The molecule has 0 amide bonds. The Morgan fingerprint density at radius 3 is 2.56 bits per heavy atom. The first kappa shape index (κ1) is 20.1. The molecule has 2 unspecified atom stereocenters. The molecule has 4 nitrogen and oxygen atoms in total. The van der Waals surface area contributed by atoms with Gasteiger partial charge in [-0.3, -0.25) is 4.79 Å². The highest BCUT2D eigenvalue weighted by Gasteiger charge is 2.40. The summed E-state index contributed by atoms with van der Waals surface area (Å²) in [6, 6.07) is 12.5. The molecule has 2 saturated carbocycles. The maximum atomic E-state index is 10.8. The molecule has 0 heterocycles. The van der Waals surface area contributed by atoms with Crippen molar-refractivity contribution in [3.63, 3.8) is 0 Å². The van der Waals surface area contributed by atoms with E-state index in [4.69, 9.17) is 5.11 Å². The van der Waals surface area contributed by atoms with Crippen LogP contribution in [0, 0.1) is 5.92 Å². The molecule has 0 aromatic heterocycles. The van der Waals surface area contributed by atoms with Crippen LogP contribution >= 0.6 is 0 Å². The molecular weight excluding hydrogens is 336 g/mol. The fraction of sp³-hybridized carbons (Fsp3) is 0.609. The zero-order chi connectivity index (χ0) is 19.2. The Morgan fingerprint density at radius 2 is 1.93 bits per heavy atom. The van der Waals surface area contributed by atoms with Crippen LogP contribution in [-0.2, 0) is 4.79 Å². The minimum atomic E-state index is -0.702. The molecule has 2 aliphatic carbocycles. The van der Waals surface area contributed by atoms with Gasteiger partial charge in [0.05, 0.1) is 6.42 Å². The number of carboxylic acids is 1. The monoisotopic (exact) mass is 370 g/mol. The standard InChI is InChI=1S/C23H34N2O2/c1-3-18(15-17-7-5-4-6-8-17)21-16-22(21)24-19-9-11-20(12-10-19)25(2)14-13-23(26)27/h4-8,15,19-22,24H,3,9-14,16H2,1-2H3,(H,26,27). The van der Waals surface area contributed by atoms with Gasteiger partial charge < -0.3 is 15.3 Å². The zero-order valence-electron chi connectivity index (χ0n) is 16.7. The molecule has 2 fully saturated rings. The molecule has 0 aliphatic heterocycles. The smallest absolute Gasteiger partial charge is 0.304 e. The molecule has 2 aliphatic rings.